The average Bonchev–Trinajstić information content (AvgIpc) is 3.13. The third kappa shape index (κ3) is 6.92. The number of methoxy groups -OCH3 is 1. The van der Waals surface area contributed by atoms with Crippen molar-refractivity contribution >= 4 is 5.96 Å². The van der Waals surface area contributed by atoms with Gasteiger partial charge in [-0.15, -0.1) is 0 Å². The lowest BCUT2D eigenvalue weighted by Gasteiger charge is -2.14. The van der Waals surface area contributed by atoms with Crippen molar-refractivity contribution in [1.82, 2.24) is 10.6 Å². The second-order valence-electron chi connectivity index (χ2n) is 6.20. The van der Waals surface area contributed by atoms with E-state index in [1.54, 1.807) is 14.2 Å². The molecule has 25 heavy (non-hydrogen) atoms. The second-order valence-corrected chi connectivity index (χ2v) is 6.20. The fraction of sp³-hybridized carbons (Fsp3) is 0.632. The Morgan fingerprint density at radius 2 is 2.16 bits per heavy atom. The van der Waals surface area contributed by atoms with Crippen LogP contribution in [0.4, 0.5) is 0 Å². The third-order valence-corrected chi connectivity index (χ3v) is 4.20. The molecular formula is C19H31N3O3. The molecule has 1 unspecified atom stereocenters. The van der Waals surface area contributed by atoms with Crippen LogP contribution in [0.1, 0.15) is 24.0 Å². The Hall–Kier alpha value is -1.79. The molecular weight excluding hydrogens is 318 g/mol. The van der Waals surface area contributed by atoms with Gasteiger partial charge < -0.3 is 24.8 Å². The lowest BCUT2D eigenvalue weighted by Crippen LogP contribution is -2.39. The summed E-state index contributed by atoms with van der Waals surface area (Å²) in [5, 5.41) is 6.66. The normalized spacial score (nSPS) is 17.6. The van der Waals surface area contributed by atoms with E-state index in [1.165, 1.54) is 11.1 Å². The van der Waals surface area contributed by atoms with Crippen LogP contribution in [0.2, 0.25) is 0 Å². The zero-order chi connectivity index (χ0) is 17.9. The molecule has 1 aromatic carbocycles. The topological polar surface area (TPSA) is 64.1 Å². The number of guanidine groups is 1. The van der Waals surface area contributed by atoms with Gasteiger partial charge in [-0.2, -0.15) is 0 Å². The van der Waals surface area contributed by atoms with E-state index in [9.17, 15) is 0 Å². The summed E-state index contributed by atoms with van der Waals surface area (Å²) in [5.74, 6) is 1.75. The predicted octanol–water partition coefficient (Wildman–Crippen LogP) is 1.91. The first-order valence-electron chi connectivity index (χ1n) is 9.00. The number of ether oxygens (including phenoxy) is 3. The number of nitrogens with one attached hydrogen (secondary N) is 2. The van der Waals surface area contributed by atoms with E-state index in [0.29, 0.717) is 0 Å². The fourth-order valence-electron chi connectivity index (χ4n) is 2.81. The van der Waals surface area contributed by atoms with Gasteiger partial charge in [0.2, 0.25) is 0 Å². The van der Waals surface area contributed by atoms with Crippen LogP contribution < -0.4 is 15.4 Å². The minimum atomic E-state index is 0.279. The van der Waals surface area contributed by atoms with Crippen LogP contribution in [0.3, 0.4) is 0 Å². The minimum Gasteiger partial charge on any atom is -0.496 e. The summed E-state index contributed by atoms with van der Waals surface area (Å²) < 4.78 is 16.5. The van der Waals surface area contributed by atoms with E-state index >= 15 is 0 Å². The summed E-state index contributed by atoms with van der Waals surface area (Å²) in [6.07, 6.45) is 3.12. The molecule has 1 atom stereocenters. The van der Waals surface area contributed by atoms with Gasteiger partial charge in [-0.1, -0.05) is 17.7 Å². The van der Waals surface area contributed by atoms with Gasteiger partial charge in [-0.3, -0.25) is 4.99 Å². The van der Waals surface area contributed by atoms with E-state index < -0.39 is 0 Å². The van der Waals surface area contributed by atoms with Crippen LogP contribution in [-0.2, 0) is 15.9 Å². The van der Waals surface area contributed by atoms with Crippen molar-refractivity contribution in [2.45, 2.75) is 32.3 Å². The molecule has 1 aliphatic rings. The van der Waals surface area contributed by atoms with E-state index in [4.69, 9.17) is 14.2 Å². The summed E-state index contributed by atoms with van der Waals surface area (Å²) in [6, 6.07) is 6.25. The predicted molar refractivity (Wildman–Crippen MR) is 101 cm³/mol. The van der Waals surface area contributed by atoms with Crippen molar-refractivity contribution in [3.05, 3.63) is 29.3 Å². The lowest BCUT2D eigenvalue weighted by molar-refractivity contribution is 0.0420. The van der Waals surface area contributed by atoms with E-state index in [0.717, 1.165) is 63.9 Å². The number of benzene rings is 1. The zero-order valence-electron chi connectivity index (χ0n) is 15.6. The van der Waals surface area contributed by atoms with Crippen molar-refractivity contribution < 1.29 is 14.2 Å². The number of hydrogen-bond acceptors (Lipinski definition) is 4. The Kier molecular flexibility index (Phi) is 8.55. The summed E-state index contributed by atoms with van der Waals surface area (Å²) in [5.41, 5.74) is 2.45. The number of hydrogen-bond donors (Lipinski definition) is 2. The summed E-state index contributed by atoms with van der Waals surface area (Å²) in [7, 11) is 3.50. The first-order valence-corrected chi connectivity index (χ1v) is 9.00. The molecule has 0 spiro atoms. The van der Waals surface area contributed by atoms with Gasteiger partial charge in [-0.25, -0.2) is 0 Å². The molecule has 1 fully saturated rings. The Morgan fingerprint density at radius 1 is 1.32 bits per heavy atom. The maximum absolute atomic E-state index is 5.75. The van der Waals surface area contributed by atoms with Crippen LogP contribution in [0.15, 0.2) is 23.2 Å². The molecule has 0 saturated carbocycles. The number of aliphatic imine (C=N–C) groups is 1. The quantitative estimate of drug-likeness (QED) is 0.405. The molecule has 6 heteroatoms. The van der Waals surface area contributed by atoms with Crippen LogP contribution in [0, 0.1) is 6.92 Å². The third-order valence-electron chi connectivity index (χ3n) is 4.20. The number of nitrogens with zero attached hydrogens (tertiary/aromatic N) is 1. The molecule has 0 radical (unpaired) electrons. The smallest absolute Gasteiger partial charge is 0.190 e. The molecule has 0 aliphatic carbocycles. The molecule has 6 nitrogen and oxygen atoms in total. The second kappa shape index (κ2) is 10.9. The first kappa shape index (κ1) is 19.5. The maximum atomic E-state index is 5.75. The lowest BCUT2D eigenvalue weighted by atomic mass is 10.1. The molecule has 0 aromatic heterocycles. The molecule has 1 heterocycles. The van der Waals surface area contributed by atoms with Gasteiger partial charge in [0.25, 0.3) is 0 Å². The number of rotatable bonds is 9. The van der Waals surface area contributed by atoms with Gasteiger partial charge in [0, 0.05) is 33.4 Å². The summed E-state index contributed by atoms with van der Waals surface area (Å²) in [6.45, 7) is 6.04. The van der Waals surface area contributed by atoms with Crippen LogP contribution in [0.25, 0.3) is 0 Å². The summed E-state index contributed by atoms with van der Waals surface area (Å²) >= 11 is 0. The Labute approximate surface area is 151 Å². The highest BCUT2D eigenvalue weighted by molar-refractivity contribution is 5.79. The maximum Gasteiger partial charge on any atom is 0.190 e. The van der Waals surface area contributed by atoms with E-state index in [-0.39, 0.29) is 6.10 Å². The van der Waals surface area contributed by atoms with E-state index in [1.807, 2.05) is 6.07 Å². The van der Waals surface area contributed by atoms with Crippen LogP contribution in [0.5, 0.6) is 5.75 Å². The van der Waals surface area contributed by atoms with Gasteiger partial charge in [0.1, 0.15) is 5.75 Å². The molecule has 2 rings (SSSR count). The molecule has 1 aliphatic heterocycles. The van der Waals surface area contributed by atoms with E-state index in [2.05, 4.69) is 34.7 Å². The van der Waals surface area contributed by atoms with Crippen molar-refractivity contribution in [2.24, 2.45) is 4.99 Å². The standard InChI is InChI=1S/C19H31N3O3/c1-15-5-6-18(23-3)16(13-15)7-10-22-19(20-2)21-9-4-11-25-17-8-12-24-14-17/h5-6,13,17H,4,7-12,14H2,1-3H3,(H2,20,21,22). The number of aryl methyl sites for hydroxylation is 1. The van der Waals surface area contributed by atoms with Gasteiger partial charge in [0.15, 0.2) is 5.96 Å². The monoisotopic (exact) mass is 349 g/mol. The fourth-order valence-corrected chi connectivity index (χ4v) is 2.81. The molecule has 1 saturated heterocycles. The van der Waals surface area contributed by atoms with Gasteiger partial charge >= 0.3 is 0 Å². The van der Waals surface area contributed by atoms with Crippen molar-refractivity contribution in [2.75, 3.05) is 47.1 Å². The van der Waals surface area contributed by atoms with Gasteiger partial charge in [0.05, 0.1) is 19.8 Å². The molecule has 1 aromatic rings. The zero-order valence-corrected chi connectivity index (χ0v) is 15.6. The summed E-state index contributed by atoms with van der Waals surface area (Å²) in [4.78, 5) is 4.26. The van der Waals surface area contributed by atoms with Crippen LogP contribution >= 0.6 is 0 Å². The molecule has 0 bridgehead atoms. The average molecular weight is 349 g/mol. The Bertz CT molecular complexity index is 543. The van der Waals surface area contributed by atoms with Crippen molar-refractivity contribution in [3.8, 4) is 5.75 Å². The van der Waals surface area contributed by atoms with Gasteiger partial charge in [-0.05, 0) is 37.8 Å². The first-order chi connectivity index (χ1) is 12.2. The van der Waals surface area contributed by atoms with Crippen molar-refractivity contribution in [1.29, 1.82) is 0 Å². The highest BCUT2D eigenvalue weighted by Gasteiger charge is 2.15. The molecule has 0 amide bonds. The molecule has 2 N–H and O–H groups in total. The Morgan fingerprint density at radius 3 is 2.88 bits per heavy atom. The highest BCUT2D eigenvalue weighted by Crippen LogP contribution is 2.19. The molecule has 140 valence electrons. The largest absolute Gasteiger partial charge is 0.496 e. The van der Waals surface area contributed by atoms with Crippen LogP contribution in [-0.4, -0.2) is 59.1 Å². The minimum absolute atomic E-state index is 0.279. The SMILES string of the molecule is CN=C(NCCCOC1CCOC1)NCCc1cc(C)ccc1OC. The van der Waals surface area contributed by atoms with Crippen molar-refractivity contribution in [3.63, 3.8) is 0 Å². The Balaban J connectivity index is 1.62. The highest BCUT2D eigenvalue weighted by atomic mass is 16.5.